The van der Waals surface area contributed by atoms with E-state index in [1.807, 2.05) is 11.0 Å². The highest BCUT2D eigenvalue weighted by Gasteiger charge is 2.32. The highest BCUT2D eigenvalue weighted by Crippen LogP contribution is 2.30. The van der Waals surface area contributed by atoms with E-state index in [0.717, 1.165) is 10.9 Å². The fourth-order valence-electron chi connectivity index (χ4n) is 1.87. The summed E-state index contributed by atoms with van der Waals surface area (Å²) in [4.78, 5) is 19.7. The van der Waals surface area contributed by atoms with Crippen molar-refractivity contribution in [2.24, 2.45) is 4.99 Å². The molecule has 0 atom stereocenters. The van der Waals surface area contributed by atoms with Crippen LogP contribution in [0, 0.1) is 0 Å². The first-order valence-electron chi connectivity index (χ1n) is 5.33. The van der Waals surface area contributed by atoms with Crippen LogP contribution in [0.3, 0.4) is 0 Å². The van der Waals surface area contributed by atoms with Gasteiger partial charge in [0.2, 0.25) is 5.91 Å². The maximum Gasteiger partial charge on any atom is 0.240 e. The summed E-state index contributed by atoms with van der Waals surface area (Å²) in [7, 11) is 0. The van der Waals surface area contributed by atoms with Crippen LogP contribution in [0.4, 0.5) is 5.69 Å². The maximum atomic E-state index is 11.7. The van der Waals surface area contributed by atoms with Crippen molar-refractivity contribution in [3.8, 4) is 0 Å². The molecular formula is C11H9Cl2N3OS. The fourth-order valence-corrected chi connectivity index (χ4v) is 3.03. The standard InChI is InChI=1S/C11H9Cl2N3OS/c12-8-2-1-7(3-9(8)13)15-5-14-11-16(6-15)10(17)4-18-11/h1-3H,4-6H2. The van der Waals surface area contributed by atoms with E-state index >= 15 is 0 Å². The number of anilines is 1. The summed E-state index contributed by atoms with van der Waals surface area (Å²) in [5.74, 6) is 0.581. The molecule has 0 aromatic heterocycles. The monoisotopic (exact) mass is 301 g/mol. The van der Waals surface area contributed by atoms with Crippen LogP contribution in [0.2, 0.25) is 10.0 Å². The van der Waals surface area contributed by atoms with Gasteiger partial charge in [-0.15, -0.1) is 0 Å². The number of hydrogen-bond donors (Lipinski definition) is 0. The lowest BCUT2D eigenvalue weighted by atomic mass is 10.3. The van der Waals surface area contributed by atoms with Crippen molar-refractivity contribution in [3.63, 3.8) is 0 Å². The van der Waals surface area contributed by atoms with E-state index in [0.29, 0.717) is 29.1 Å². The number of benzene rings is 1. The van der Waals surface area contributed by atoms with Crippen molar-refractivity contribution >= 4 is 51.7 Å². The van der Waals surface area contributed by atoms with Crippen LogP contribution in [0.25, 0.3) is 0 Å². The number of amidine groups is 1. The van der Waals surface area contributed by atoms with E-state index in [1.54, 1.807) is 17.0 Å². The lowest BCUT2D eigenvalue weighted by Crippen LogP contribution is -2.45. The summed E-state index contributed by atoms with van der Waals surface area (Å²) < 4.78 is 0. The van der Waals surface area contributed by atoms with Gasteiger partial charge in [0, 0.05) is 5.69 Å². The average molecular weight is 302 g/mol. The molecule has 0 spiro atoms. The lowest BCUT2D eigenvalue weighted by Gasteiger charge is -2.32. The Morgan fingerprint density at radius 3 is 2.89 bits per heavy atom. The zero-order valence-corrected chi connectivity index (χ0v) is 11.6. The molecule has 2 heterocycles. The van der Waals surface area contributed by atoms with Crippen molar-refractivity contribution < 1.29 is 4.79 Å². The Morgan fingerprint density at radius 1 is 1.28 bits per heavy atom. The first kappa shape index (κ1) is 12.1. The minimum atomic E-state index is 0.100. The van der Waals surface area contributed by atoms with Crippen LogP contribution in [0.15, 0.2) is 23.2 Å². The number of rotatable bonds is 1. The number of carbonyl (C=O) groups excluding carboxylic acids is 1. The number of thioether (sulfide) groups is 1. The largest absolute Gasteiger partial charge is 0.334 e. The number of carbonyl (C=O) groups is 1. The smallest absolute Gasteiger partial charge is 0.240 e. The molecule has 4 nitrogen and oxygen atoms in total. The number of fused-ring (bicyclic) bond motifs is 1. The van der Waals surface area contributed by atoms with Gasteiger partial charge in [0.25, 0.3) is 0 Å². The first-order chi connectivity index (χ1) is 8.65. The van der Waals surface area contributed by atoms with Crippen molar-refractivity contribution in [3.05, 3.63) is 28.2 Å². The van der Waals surface area contributed by atoms with Crippen molar-refractivity contribution in [2.45, 2.75) is 0 Å². The third-order valence-corrected chi connectivity index (χ3v) is 4.55. The minimum Gasteiger partial charge on any atom is -0.334 e. The van der Waals surface area contributed by atoms with Crippen molar-refractivity contribution in [2.75, 3.05) is 24.0 Å². The second-order valence-electron chi connectivity index (χ2n) is 3.97. The third kappa shape index (κ3) is 2.06. The van der Waals surface area contributed by atoms with Gasteiger partial charge in [-0.25, -0.2) is 4.99 Å². The molecule has 0 aliphatic carbocycles. The highest BCUT2D eigenvalue weighted by atomic mass is 35.5. The fraction of sp³-hybridized carbons (Fsp3) is 0.273. The molecule has 7 heteroatoms. The van der Waals surface area contributed by atoms with Crippen molar-refractivity contribution in [1.29, 1.82) is 0 Å². The van der Waals surface area contributed by atoms with Gasteiger partial charge in [0.05, 0.1) is 15.8 Å². The molecule has 0 saturated carbocycles. The van der Waals surface area contributed by atoms with Gasteiger partial charge in [0.15, 0.2) is 5.17 Å². The summed E-state index contributed by atoms with van der Waals surface area (Å²) in [5.41, 5.74) is 0.914. The summed E-state index contributed by atoms with van der Waals surface area (Å²) in [6.45, 7) is 1.05. The average Bonchev–Trinajstić information content (AvgIpc) is 2.74. The normalized spacial score (nSPS) is 19.0. The SMILES string of the molecule is O=C1CSC2=NCN(c3ccc(Cl)c(Cl)c3)CN12. The summed E-state index contributed by atoms with van der Waals surface area (Å²) >= 11 is 13.4. The summed E-state index contributed by atoms with van der Waals surface area (Å²) in [6, 6.07) is 5.42. The van der Waals surface area contributed by atoms with Crippen LogP contribution in [0.5, 0.6) is 0 Å². The Kier molecular flexibility index (Phi) is 3.13. The van der Waals surface area contributed by atoms with E-state index in [-0.39, 0.29) is 5.91 Å². The second kappa shape index (κ2) is 4.64. The lowest BCUT2D eigenvalue weighted by molar-refractivity contribution is -0.124. The van der Waals surface area contributed by atoms with E-state index < -0.39 is 0 Å². The first-order valence-corrected chi connectivity index (χ1v) is 7.07. The number of amides is 1. The molecule has 1 saturated heterocycles. The predicted molar refractivity (Wildman–Crippen MR) is 75.4 cm³/mol. The molecule has 1 amide bonds. The molecular weight excluding hydrogens is 293 g/mol. The molecule has 0 unspecified atom stereocenters. The highest BCUT2D eigenvalue weighted by molar-refractivity contribution is 8.15. The topological polar surface area (TPSA) is 35.9 Å². The number of halogens is 2. The molecule has 0 radical (unpaired) electrons. The van der Waals surface area contributed by atoms with E-state index in [4.69, 9.17) is 23.2 Å². The molecule has 94 valence electrons. The van der Waals surface area contributed by atoms with Crippen LogP contribution in [-0.2, 0) is 4.79 Å². The van der Waals surface area contributed by atoms with Crippen LogP contribution >= 0.6 is 35.0 Å². The van der Waals surface area contributed by atoms with Crippen LogP contribution in [-0.4, -0.2) is 35.1 Å². The summed E-state index contributed by atoms with van der Waals surface area (Å²) in [6.07, 6.45) is 0. The molecule has 2 aliphatic rings. The molecule has 18 heavy (non-hydrogen) atoms. The van der Waals surface area contributed by atoms with Gasteiger partial charge in [-0.05, 0) is 18.2 Å². The zero-order valence-electron chi connectivity index (χ0n) is 9.27. The van der Waals surface area contributed by atoms with Gasteiger partial charge >= 0.3 is 0 Å². The third-order valence-electron chi connectivity index (χ3n) is 2.81. The molecule has 0 bridgehead atoms. The minimum absolute atomic E-state index is 0.100. The number of aliphatic imine (C=N–C) groups is 1. The van der Waals surface area contributed by atoms with Crippen LogP contribution < -0.4 is 4.90 Å². The molecule has 1 aromatic rings. The Morgan fingerprint density at radius 2 is 2.11 bits per heavy atom. The maximum absolute atomic E-state index is 11.7. The number of nitrogens with zero attached hydrogens (tertiary/aromatic N) is 3. The van der Waals surface area contributed by atoms with E-state index in [2.05, 4.69) is 4.99 Å². The number of hydrogen-bond acceptors (Lipinski definition) is 4. The van der Waals surface area contributed by atoms with E-state index in [9.17, 15) is 4.79 Å². The molecule has 3 rings (SSSR count). The Hall–Kier alpha value is -0.910. The molecule has 2 aliphatic heterocycles. The van der Waals surface area contributed by atoms with Crippen LogP contribution in [0.1, 0.15) is 0 Å². The molecule has 1 fully saturated rings. The van der Waals surface area contributed by atoms with Gasteiger partial charge in [-0.1, -0.05) is 35.0 Å². The van der Waals surface area contributed by atoms with Crippen molar-refractivity contribution in [1.82, 2.24) is 4.90 Å². The van der Waals surface area contributed by atoms with Gasteiger partial charge in [-0.2, -0.15) is 0 Å². The van der Waals surface area contributed by atoms with E-state index in [1.165, 1.54) is 11.8 Å². The summed E-state index contributed by atoms with van der Waals surface area (Å²) in [5, 5.41) is 1.84. The molecule has 1 aromatic carbocycles. The quantitative estimate of drug-likeness (QED) is 0.800. The molecule has 0 N–H and O–H groups in total. The Labute approximate surface area is 119 Å². The predicted octanol–water partition coefficient (Wildman–Crippen LogP) is 2.66. The Balaban J connectivity index is 1.86. The zero-order chi connectivity index (χ0) is 12.7. The Bertz CT molecular complexity index is 549. The second-order valence-corrected chi connectivity index (χ2v) is 5.73. The van der Waals surface area contributed by atoms with Gasteiger partial charge in [-0.3, -0.25) is 9.69 Å². The van der Waals surface area contributed by atoms with Gasteiger partial charge in [0.1, 0.15) is 13.3 Å². The van der Waals surface area contributed by atoms with Gasteiger partial charge < -0.3 is 4.90 Å².